The van der Waals surface area contributed by atoms with Gasteiger partial charge in [0.25, 0.3) is 0 Å². The average molecular weight is 1720 g/mol. The molecule has 6 aromatic heterocycles. The zero-order valence-electron chi connectivity index (χ0n) is 72.8. The molecule has 0 N–H and O–H groups in total. The van der Waals surface area contributed by atoms with E-state index < -0.39 is 0 Å². The van der Waals surface area contributed by atoms with Crippen molar-refractivity contribution in [1.29, 1.82) is 0 Å². The van der Waals surface area contributed by atoms with Gasteiger partial charge < -0.3 is 41.4 Å². The fourth-order valence-electron chi connectivity index (χ4n) is 26.5. The van der Waals surface area contributed by atoms with Crippen LogP contribution in [0.4, 0.5) is 51.2 Å². The Labute approximate surface area is 776 Å². The second-order valence-electron chi connectivity index (χ2n) is 38.2. The predicted molar refractivity (Wildman–Crippen MR) is 570 cm³/mol. The minimum Gasteiger partial charge on any atom is -0.462 e. The molecule has 34 rings (SSSR count). The number of aromatic nitrogens is 3. The third kappa shape index (κ3) is 8.87. The summed E-state index contributed by atoms with van der Waals surface area (Å²) in [5.41, 5.74) is 38.4. The van der Waals surface area contributed by atoms with E-state index in [9.17, 15) is 0 Å². The van der Waals surface area contributed by atoms with E-state index in [4.69, 9.17) is 13.3 Å². The molecular weight excluding hydrogens is 1650 g/mol. The van der Waals surface area contributed by atoms with Crippen LogP contribution >= 0.6 is 0 Å². The minimum absolute atomic E-state index is 0.185. The van der Waals surface area contributed by atoms with Gasteiger partial charge in [-0.25, -0.2) is 0 Å². The Morgan fingerprint density at radius 3 is 1.14 bits per heavy atom. The van der Waals surface area contributed by atoms with E-state index in [-0.39, 0.29) is 20.5 Å². The summed E-state index contributed by atoms with van der Waals surface area (Å²) in [5, 5.41) is 25.9. The lowest BCUT2D eigenvalue weighted by Gasteiger charge is -2.41. The second-order valence-corrected chi connectivity index (χ2v) is 38.2. The monoisotopic (exact) mass is 1720 g/mol. The molecule has 620 valence electrons. The van der Waals surface area contributed by atoms with E-state index in [1.165, 1.54) is 174 Å². The molecule has 6 aliphatic rings. The Bertz CT molecular complexity index is 10500. The van der Waals surface area contributed by atoms with Gasteiger partial charge in [0.1, 0.15) is 22.5 Å². The molecule has 0 saturated carbocycles. The Morgan fingerprint density at radius 1 is 0.206 bits per heavy atom. The molecule has 28 aromatic rings. The van der Waals surface area contributed by atoms with E-state index in [0.29, 0.717) is 0 Å². The number of hydrogen-bond donors (Lipinski definition) is 0. The van der Waals surface area contributed by atoms with E-state index >= 15 is 0 Å². The third-order valence-corrected chi connectivity index (χ3v) is 31.9. The first kappa shape index (κ1) is 71.1. The summed E-state index contributed by atoms with van der Waals surface area (Å²) < 4.78 is 30.3. The number of furan rings is 3. The van der Waals surface area contributed by atoms with Gasteiger partial charge in [-0.05, 0) is 235 Å². The highest BCUT2D eigenvalue weighted by Gasteiger charge is 2.50. The molecule has 22 aromatic carbocycles. The first-order valence-electron chi connectivity index (χ1n) is 47.2. The van der Waals surface area contributed by atoms with E-state index in [0.717, 1.165) is 139 Å². The summed E-state index contributed by atoms with van der Waals surface area (Å²) >= 11 is 0. The highest BCUT2D eigenvalue weighted by atomic mass is 16.3. The first-order chi connectivity index (χ1) is 67.5. The summed E-state index contributed by atoms with van der Waals surface area (Å²) in [6.07, 6.45) is 1.86. The summed E-state index contributed by atoms with van der Waals surface area (Å²) in [7, 11) is 0. The van der Waals surface area contributed by atoms with Crippen molar-refractivity contribution in [2.75, 3.05) is 14.7 Å². The van der Waals surface area contributed by atoms with Crippen LogP contribution < -0.4 is 47.5 Å². The zero-order valence-corrected chi connectivity index (χ0v) is 72.8. The van der Waals surface area contributed by atoms with Crippen molar-refractivity contribution in [3.63, 3.8) is 0 Å². The van der Waals surface area contributed by atoms with Gasteiger partial charge in [-0.15, -0.1) is 0 Å². The number of para-hydroxylation sites is 7. The molecule has 0 fully saturated rings. The van der Waals surface area contributed by atoms with Crippen LogP contribution in [0.15, 0.2) is 420 Å². The molecule has 0 atom stereocenters. The Balaban J connectivity index is 0.586. The summed E-state index contributed by atoms with van der Waals surface area (Å²) in [5.74, 6) is 0.796. The Kier molecular flexibility index (Phi) is 13.2. The van der Waals surface area contributed by atoms with Gasteiger partial charge in [0.2, 0.25) is 0 Å². The molecule has 0 unspecified atom stereocenters. The largest absolute Gasteiger partial charge is 0.462 e. The van der Waals surface area contributed by atoms with Crippen molar-refractivity contribution >= 4 is 278 Å². The molecule has 12 heteroatoms. The predicted octanol–water partition coefficient (Wildman–Crippen LogP) is 28.9. The molecule has 0 aliphatic carbocycles. The van der Waals surface area contributed by atoms with Crippen molar-refractivity contribution in [3.8, 4) is 55.8 Å². The van der Waals surface area contributed by atoms with Crippen molar-refractivity contribution in [1.82, 2.24) is 13.4 Å². The maximum atomic E-state index is 7.79. The van der Waals surface area contributed by atoms with Crippen molar-refractivity contribution in [3.05, 3.63) is 407 Å². The molecule has 12 heterocycles. The fourth-order valence-corrected chi connectivity index (χ4v) is 26.5. The fraction of sp³-hybridized carbons (Fsp3) is 0. The molecular formula is C124H67B3N6O3. The quantitative estimate of drug-likeness (QED) is 0.160. The first-order valence-corrected chi connectivity index (χ1v) is 47.2. The van der Waals surface area contributed by atoms with Gasteiger partial charge in [0.05, 0.1) is 28.7 Å². The highest BCUT2D eigenvalue weighted by molar-refractivity contribution is 6.94. The van der Waals surface area contributed by atoms with Crippen molar-refractivity contribution in [2.45, 2.75) is 0 Å². The van der Waals surface area contributed by atoms with Crippen LogP contribution in [0.1, 0.15) is 0 Å². The lowest BCUT2D eigenvalue weighted by molar-refractivity contribution is 0.616. The van der Waals surface area contributed by atoms with Gasteiger partial charge in [-0.2, -0.15) is 0 Å². The number of rotatable bonds is 5. The molecule has 0 radical (unpaired) electrons. The SMILES string of the molecule is c1ccc2cc(N3c4ccc5cc(-c6cccc7c6oc6cc8c9c(c67)N(c6ccc7ccccc7c6)c6ccc7ccccc7c6B9n6c7ccccc7c7cccc-8c76)ccc5c4B4c5c(cc6oc(-c7ccc8c9c(ccc8c7)N(c7ccc8ccccc8c7)c7c8c(cc%10ccoc7%10)-c7cccc%10c%11ccccc%11n(c7%10)B89)cc6c53)-c3cccc5c6ccccc6n4c35)ccc2c1. The zero-order chi connectivity index (χ0) is 87.6. The Morgan fingerprint density at radius 2 is 0.603 bits per heavy atom. The van der Waals surface area contributed by atoms with E-state index in [1.807, 2.05) is 6.26 Å². The molecule has 136 heavy (non-hydrogen) atoms. The van der Waals surface area contributed by atoms with E-state index in [2.05, 4.69) is 429 Å². The minimum atomic E-state index is -0.294. The summed E-state index contributed by atoms with van der Waals surface area (Å²) in [6, 6.07) is 151. The van der Waals surface area contributed by atoms with Crippen LogP contribution in [0.5, 0.6) is 0 Å². The topological polar surface area (TPSA) is 63.9 Å². The number of fused-ring (bicyclic) bond motifs is 38. The lowest BCUT2D eigenvalue weighted by atomic mass is 9.44. The number of benzene rings is 22. The molecule has 0 saturated heterocycles. The molecule has 6 aliphatic heterocycles. The van der Waals surface area contributed by atoms with Crippen molar-refractivity contribution in [2.24, 2.45) is 0 Å². The second kappa shape index (κ2) is 25.3. The maximum absolute atomic E-state index is 7.79. The van der Waals surface area contributed by atoms with Gasteiger partial charge in [-0.3, -0.25) is 0 Å². The number of anilines is 9. The maximum Gasteiger partial charge on any atom is 0.333 e. The molecule has 9 nitrogen and oxygen atoms in total. The summed E-state index contributed by atoms with van der Waals surface area (Å²) in [4.78, 5) is 7.69. The van der Waals surface area contributed by atoms with Crippen LogP contribution in [0.3, 0.4) is 0 Å². The van der Waals surface area contributed by atoms with Crippen LogP contribution in [0, 0.1) is 0 Å². The summed E-state index contributed by atoms with van der Waals surface area (Å²) in [6.45, 7) is -0.704. The Hall–Kier alpha value is -17.7. The third-order valence-electron chi connectivity index (χ3n) is 31.9. The van der Waals surface area contributed by atoms with Gasteiger partial charge >= 0.3 is 20.5 Å². The average Bonchev–Trinajstić information content (AvgIpc) is 1.44. The molecule has 0 bridgehead atoms. The molecule has 0 spiro atoms. The normalized spacial score (nSPS) is 13.6. The molecule has 0 amide bonds. The lowest BCUT2D eigenvalue weighted by Crippen LogP contribution is -2.57. The smallest absolute Gasteiger partial charge is 0.333 e. The number of hydrogen-bond acceptors (Lipinski definition) is 6. The van der Waals surface area contributed by atoms with Gasteiger partial charge in [-0.1, -0.05) is 285 Å². The van der Waals surface area contributed by atoms with E-state index in [1.54, 1.807) is 0 Å². The highest BCUT2D eigenvalue weighted by Crippen LogP contribution is 2.57. The van der Waals surface area contributed by atoms with Crippen LogP contribution in [-0.4, -0.2) is 34.0 Å². The van der Waals surface area contributed by atoms with Crippen LogP contribution in [-0.2, 0) is 0 Å². The van der Waals surface area contributed by atoms with Crippen molar-refractivity contribution < 1.29 is 13.3 Å². The standard InChI is InChI=1S/C124H67B3N6O3/c1-4-23-72-61-80(49-41-68(72)19-1)128-104-55-47-75-59-77(86-30-15-37-96-110-109(136-124(86)96)66-99-95-36-18-33-92-89-29-10-13-39-102(89)132(119(92)95)126-111-83-26-8-7-22-71(83)46-54-105(111)129(121(110)115(99)126)81-50-42-69-20-2-5-24-73(69)62-81)44-52-84(75)112(104)125-114-98(94-35-17-32-91-88-28-9-12-38-101(88)131(125)118(91)94)65-108-100(120(114)128)67-107(135-108)78-45-53-85-76(60-78)48-56-106-113(85)127-116-97(93-34-16-31-90-87-27-11-14-40-103(87)133(127)117(90)93)64-79-57-58-134-123(79)122(116)130(106)82-51-43-70-21-3-6-25-74(70)63-82/h1-67H. The number of nitrogens with zero attached hydrogens (tertiary/aromatic N) is 6. The van der Waals surface area contributed by atoms with Gasteiger partial charge in [0.15, 0.2) is 5.58 Å². The van der Waals surface area contributed by atoms with Crippen LogP contribution in [0.2, 0.25) is 0 Å². The van der Waals surface area contributed by atoms with Gasteiger partial charge in [0, 0.05) is 144 Å². The van der Waals surface area contributed by atoms with Crippen LogP contribution in [0.25, 0.3) is 230 Å².